The van der Waals surface area contributed by atoms with Crippen molar-refractivity contribution in [2.24, 2.45) is 0 Å². The molecule has 33 heavy (non-hydrogen) atoms. The fourth-order valence-corrected chi connectivity index (χ4v) is 4.04. The summed E-state index contributed by atoms with van der Waals surface area (Å²) in [7, 11) is 0. The number of hydrogen-bond donors (Lipinski definition) is 2. The first-order valence-electron chi connectivity index (χ1n) is 10.8. The molecular weight excluding hydrogens is 453 g/mol. The second kappa shape index (κ2) is 9.87. The molecule has 0 unspecified atom stereocenters. The summed E-state index contributed by atoms with van der Waals surface area (Å²) >= 11 is 6.15. The van der Waals surface area contributed by atoms with E-state index < -0.39 is 6.36 Å². The predicted octanol–water partition coefficient (Wildman–Crippen LogP) is 7.49. The van der Waals surface area contributed by atoms with Gasteiger partial charge in [0.25, 0.3) is 0 Å². The van der Waals surface area contributed by atoms with E-state index in [-0.39, 0.29) is 11.8 Å². The largest absolute Gasteiger partial charge is 0.573 e. The number of ether oxygens (including phenoxy) is 1. The Bertz CT molecular complexity index is 1120. The highest BCUT2D eigenvalue weighted by atomic mass is 35.5. The van der Waals surface area contributed by atoms with E-state index in [4.69, 9.17) is 11.6 Å². The smallest absolute Gasteiger partial charge is 0.406 e. The van der Waals surface area contributed by atoms with Gasteiger partial charge in [-0.3, -0.25) is 0 Å². The average molecular weight is 477 g/mol. The zero-order chi connectivity index (χ0) is 23.4. The predicted molar refractivity (Wildman–Crippen MR) is 124 cm³/mol. The number of rotatable bonds is 6. The highest BCUT2D eigenvalue weighted by Crippen LogP contribution is 2.31. The molecule has 3 aromatic rings. The van der Waals surface area contributed by atoms with Crippen LogP contribution in [0, 0.1) is 6.92 Å². The SMILES string of the molecule is Cc1ccc(Cl)cc1Nc1cc(-c2cccc(OC(F)(F)F)c2)nc(NC2CCCCC2)n1. The highest BCUT2D eigenvalue weighted by Gasteiger charge is 2.31. The Hall–Kier alpha value is -3.00. The molecular formula is C24H24ClF3N4O. The van der Waals surface area contributed by atoms with Gasteiger partial charge < -0.3 is 15.4 Å². The fourth-order valence-electron chi connectivity index (χ4n) is 3.87. The van der Waals surface area contributed by atoms with Crippen LogP contribution in [0.1, 0.15) is 37.7 Å². The summed E-state index contributed by atoms with van der Waals surface area (Å²) in [6.45, 7) is 1.94. The topological polar surface area (TPSA) is 59.1 Å². The van der Waals surface area contributed by atoms with Crippen molar-refractivity contribution in [3.63, 3.8) is 0 Å². The maximum absolute atomic E-state index is 12.7. The van der Waals surface area contributed by atoms with Gasteiger partial charge in [-0.25, -0.2) is 4.98 Å². The average Bonchev–Trinajstić information content (AvgIpc) is 2.76. The lowest BCUT2D eigenvalue weighted by atomic mass is 9.96. The number of aromatic nitrogens is 2. The molecule has 4 rings (SSSR count). The molecule has 2 N–H and O–H groups in total. The van der Waals surface area contributed by atoms with Crippen LogP contribution in [0.3, 0.4) is 0 Å². The van der Waals surface area contributed by atoms with Crippen molar-refractivity contribution in [2.45, 2.75) is 51.4 Å². The van der Waals surface area contributed by atoms with Gasteiger partial charge in [0.2, 0.25) is 5.95 Å². The van der Waals surface area contributed by atoms with E-state index in [1.807, 2.05) is 13.0 Å². The van der Waals surface area contributed by atoms with E-state index in [2.05, 4.69) is 25.3 Å². The van der Waals surface area contributed by atoms with E-state index in [0.29, 0.717) is 28.0 Å². The van der Waals surface area contributed by atoms with Gasteiger partial charge in [0.15, 0.2) is 0 Å². The zero-order valence-corrected chi connectivity index (χ0v) is 18.8. The monoisotopic (exact) mass is 476 g/mol. The van der Waals surface area contributed by atoms with Crippen molar-refractivity contribution in [3.8, 4) is 17.0 Å². The third-order valence-corrected chi connectivity index (χ3v) is 5.73. The summed E-state index contributed by atoms with van der Waals surface area (Å²) in [5.41, 5.74) is 2.71. The minimum atomic E-state index is -4.77. The minimum Gasteiger partial charge on any atom is -0.406 e. The van der Waals surface area contributed by atoms with Crippen LogP contribution in [0.2, 0.25) is 5.02 Å². The summed E-state index contributed by atoms with van der Waals surface area (Å²) in [6.07, 6.45) is 0.778. The number of aryl methyl sites for hydroxylation is 1. The van der Waals surface area contributed by atoms with Gasteiger partial charge in [-0.05, 0) is 49.6 Å². The minimum absolute atomic E-state index is 0.259. The van der Waals surface area contributed by atoms with Crippen LogP contribution in [-0.2, 0) is 0 Å². The van der Waals surface area contributed by atoms with Gasteiger partial charge in [0.1, 0.15) is 11.6 Å². The molecule has 0 radical (unpaired) electrons. The first-order chi connectivity index (χ1) is 15.7. The molecule has 0 saturated heterocycles. The van der Waals surface area contributed by atoms with Crippen LogP contribution < -0.4 is 15.4 Å². The number of hydrogen-bond acceptors (Lipinski definition) is 5. The normalized spacial score (nSPS) is 14.7. The van der Waals surface area contributed by atoms with Gasteiger partial charge in [-0.15, -0.1) is 13.2 Å². The van der Waals surface area contributed by atoms with Crippen molar-refractivity contribution in [1.29, 1.82) is 0 Å². The summed E-state index contributed by atoms with van der Waals surface area (Å²) in [5, 5.41) is 7.24. The van der Waals surface area contributed by atoms with Gasteiger partial charge in [-0.2, -0.15) is 4.98 Å². The van der Waals surface area contributed by atoms with Crippen LogP contribution in [0.4, 0.5) is 30.6 Å². The summed E-state index contributed by atoms with van der Waals surface area (Å²) in [4.78, 5) is 9.21. The molecule has 0 atom stereocenters. The molecule has 0 spiro atoms. The van der Waals surface area contributed by atoms with Crippen LogP contribution in [0.25, 0.3) is 11.3 Å². The quantitative estimate of drug-likeness (QED) is 0.386. The second-order valence-corrected chi connectivity index (χ2v) is 8.54. The summed E-state index contributed by atoms with van der Waals surface area (Å²) < 4.78 is 42.2. The van der Waals surface area contributed by atoms with Gasteiger partial charge in [0.05, 0.1) is 5.69 Å². The van der Waals surface area contributed by atoms with E-state index in [0.717, 1.165) is 36.9 Å². The summed E-state index contributed by atoms with van der Waals surface area (Å²) in [6, 6.07) is 13.2. The lowest BCUT2D eigenvalue weighted by Gasteiger charge is -2.23. The fraction of sp³-hybridized carbons (Fsp3) is 0.333. The molecule has 5 nitrogen and oxygen atoms in total. The molecule has 1 aliphatic carbocycles. The second-order valence-electron chi connectivity index (χ2n) is 8.10. The Morgan fingerprint density at radius 2 is 1.79 bits per heavy atom. The Morgan fingerprint density at radius 1 is 1.00 bits per heavy atom. The first kappa shape index (κ1) is 23.2. The number of anilines is 3. The number of nitrogens with zero attached hydrogens (tertiary/aromatic N) is 2. The lowest BCUT2D eigenvalue weighted by molar-refractivity contribution is -0.274. The molecule has 1 fully saturated rings. The van der Waals surface area contributed by atoms with E-state index >= 15 is 0 Å². The summed E-state index contributed by atoms with van der Waals surface area (Å²) in [5.74, 6) is 0.620. The van der Waals surface area contributed by atoms with Gasteiger partial charge >= 0.3 is 6.36 Å². The van der Waals surface area contributed by atoms with Gasteiger partial charge in [0, 0.05) is 28.4 Å². The molecule has 0 amide bonds. The molecule has 9 heteroatoms. The van der Waals surface area contributed by atoms with E-state index in [9.17, 15) is 13.2 Å². The number of halogens is 4. The van der Waals surface area contributed by atoms with Crippen molar-refractivity contribution in [2.75, 3.05) is 10.6 Å². The third kappa shape index (κ3) is 6.51. The standard InChI is InChI=1S/C24H24ClF3N4O/c1-15-10-11-17(25)13-20(15)30-22-14-21(16-6-5-9-19(12-16)33-24(26,27)28)31-23(32-22)29-18-7-3-2-4-8-18/h5-6,9-14,18H,2-4,7-8H2,1H3,(H2,29,30,31,32). The van der Waals surface area contributed by atoms with E-state index in [1.54, 1.807) is 24.3 Å². The first-order valence-corrected chi connectivity index (χ1v) is 11.2. The van der Waals surface area contributed by atoms with E-state index in [1.165, 1.54) is 24.6 Å². The number of alkyl halides is 3. The molecule has 0 bridgehead atoms. The zero-order valence-electron chi connectivity index (χ0n) is 18.0. The Labute approximate surface area is 195 Å². The maximum atomic E-state index is 12.7. The molecule has 2 aromatic carbocycles. The Balaban J connectivity index is 1.69. The Morgan fingerprint density at radius 3 is 2.55 bits per heavy atom. The van der Waals surface area contributed by atoms with Crippen molar-refractivity contribution in [3.05, 3.63) is 59.1 Å². The van der Waals surface area contributed by atoms with Gasteiger partial charge in [-0.1, -0.05) is 49.1 Å². The number of nitrogens with one attached hydrogen (secondary N) is 2. The molecule has 1 aliphatic rings. The maximum Gasteiger partial charge on any atom is 0.573 e. The highest BCUT2D eigenvalue weighted by molar-refractivity contribution is 6.30. The lowest BCUT2D eigenvalue weighted by Crippen LogP contribution is -2.23. The molecule has 1 aromatic heterocycles. The Kier molecular flexibility index (Phi) is 6.93. The third-order valence-electron chi connectivity index (χ3n) is 5.49. The van der Waals surface area contributed by atoms with Crippen molar-refractivity contribution < 1.29 is 17.9 Å². The van der Waals surface area contributed by atoms with Crippen molar-refractivity contribution in [1.82, 2.24) is 9.97 Å². The van der Waals surface area contributed by atoms with Crippen molar-refractivity contribution >= 4 is 29.1 Å². The van der Waals surface area contributed by atoms with Crippen LogP contribution in [0.5, 0.6) is 5.75 Å². The molecule has 174 valence electrons. The van der Waals surface area contributed by atoms with Crippen LogP contribution >= 0.6 is 11.6 Å². The molecule has 0 aliphatic heterocycles. The number of benzene rings is 2. The molecule has 1 saturated carbocycles. The van der Waals surface area contributed by atoms with Crippen LogP contribution in [-0.4, -0.2) is 22.4 Å². The molecule has 1 heterocycles. The van der Waals surface area contributed by atoms with Crippen LogP contribution in [0.15, 0.2) is 48.5 Å².